The van der Waals surface area contributed by atoms with E-state index in [0.29, 0.717) is 12.8 Å². The highest BCUT2D eigenvalue weighted by atomic mass is 32.1. The van der Waals surface area contributed by atoms with Crippen molar-refractivity contribution in [3.05, 3.63) is 20.0 Å². The molecule has 5 atom stereocenters. The number of aromatic nitrogens is 3. The number of hydrogen-bond donors (Lipinski definition) is 4. The van der Waals surface area contributed by atoms with E-state index in [0.717, 1.165) is 11.3 Å². The molecule has 0 aromatic carbocycles. The second kappa shape index (κ2) is 6.87. The van der Waals surface area contributed by atoms with E-state index in [1.165, 1.54) is 4.57 Å². The Labute approximate surface area is 147 Å². The lowest BCUT2D eigenvalue weighted by atomic mass is 9.93. The minimum atomic E-state index is -0.622. The Kier molecular flexibility index (Phi) is 4.96. The van der Waals surface area contributed by atoms with Crippen molar-refractivity contribution in [1.82, 2.24) is 19.9 Å². The molecule has 0 unspecified atom stereocenters. The third kappa shape index (κ3) is 3.10. The second-order valence-electron chi connectivity index (χ2n) is 6.36. The lowest BCUT2D eigenvalue weighted by Crippen LogP contribution is -2.36. The number of thiazole rings is 1. The standard InChI is InChI=1S/C15H23N5O4S/c1-4-8(21)9-5-7(6(2)17-3)13(24-9)20-11-10(25-15(20)23)12(22)19-14(16)18-11/h6-9,13,17,21H,4-5H2,1-3H3,(H3,16,18,19,22)/t6-,7+,8+,9+,13-/m1/s1. The number of anilines is 1. The van der Waals surface area contributed by atoms with Crippen LogP contribution in [-0.2, 0) is 4.74 Å². The summed E-state index contributed by atoms with van der Waals surface area (Å²) in [6, 6.07) is 0.0419. The van der Waals surface area contributed by atoms with Gasteiger partial charge in [-0.1, -0.05) is 18.3 Å². The third-order valence-electron chi connectivity index (χ3n) is 4.88. The van der Waals surface area contributed by atoms with Crippen LogP contribution in [0.5, 0.6) is 0 Å². The average Bonchev–Trinajstić information content (AvgIpc) is 3.14. The normalized spacial score (nSPS) is 26.2. The van der Waals surface area contributed by atoms with Crippen molar-refractivity contribution < 1.29 is 9.84 Å². The number of aromatic amines is 1. The summed E-state index contributed by atoms with van der Waals surface area (Å²) in [7, 11) is 1.83. The summed E-state index contributed by atoms with van der Waals surface area (Å²) in [5.41, 5.74) is 5.43. The number of nitrogens with zero attached hydrogens (tertiary/aromatic N) is 2. The van der Waals surface area contributed by atoms with Crippen molar-refractivity contribution in [1.29, 1.82) is 0 Å². The molecule has 0 bridgehead atoms. The zero-order valence-electron chi connectivity index (χ0n) is 14.4. The van der Waals surface area contributed by atoms with Gasteiger partial charge >= 0.3 is 4.87 Å². The van der Waals surface area contributed by atoms with Crippen LogP contribution in [0.3, 0.4) is 0 Å². The molecule has 25 heavy (non-hydrogen) atoms. The number of nitrogen functional groups attached to an aromatic ring is 1. The predicted molar refractivity (Wildman–Crippen MR) is 95.7 cm³/mol. The van der Waals surface area contributed by atoms with Crippen LogP contribution in [0.25, 0.3) is 10.3 Å². The maximum absolute atomic E-state index is 12.6. The lowest BCUT2D eigenvalue weighted by molar-refractivity contribution is -0.0669. The molecule has 2 aromatic rings. The van der Waals surface area contributed by atoms with Gasteiger partial charge in [-0.2, -0.15) is 4.98 Å². The van der Waals surface area contributed by atoms with Gasteiger partial charge in [0.15, 0.2) is 5.65 Å². The fourth-order valence-corrected chi connectivity index (χ4v) is 4.16. The highest BCUT2D eigenvalue weighted by Gasteiger charge is 2.43. The van der Waals surface area contributed by atoms with Gasteiger partial charge in [0.25, 0.3) is 5.56 Å². The molecule has 1 aliphatic rings. The second-order valence-corrected chi connectivity index (χ2v) is 7.32. The van der Waals surface area contributed by atoms with E-state index in [4.69, 9.17) is 10.5 Å². The van der Waals surface area contributed by atoms with Crippen molar-refractivity contribution in [3.63, 3.8) is 0 Å². The van der Waals surface area contributed by atoms with Gasteiger partial charge in [-0.05, 0) is 26.8 Å². The Hall–Kier alpha value is -1.75. The zero-order chi connectivity index (χ0) is 18.3. The van der Waals surface area contributed by atoms with E-state index in [1.807, 2.05) is 20.9 Å². The molecular weight excluding hydrogens is 346 g/mol. The molecule has 0 radical (unpaired) electrons. The summed E-state index contributed by atoms with van der Waals surface area (Å²) in [5.74, 6) is -0.112. The van der Waals surface area contributed by atoms with Crippen LogP contribution in [0.1, 0.15) is 32.9 Å². The van der Waals surface area contributed by atoms with Gasteiger partial charge in [-0.15, -0.1) is 0 Å². The first kappa shape index (κ1) is 18.1. The van der Waals surface area contributed by atoms with Gasteiger partial charge in [0, 0.05) is 12.0 Å². The molecular formula is C15H23N5O4S. The first-order chi connectivity index (χ1) is 11.9. The molecule has 10 heteroatoms. The fourth-order valence-electron chi connectivity index (χ4n) is 3.32. The highest BCUT2D eigenvalue weighted by molar-refractivity contribution is 7.16. The molecule has 0 saturated carbocycles. The largest absolute Gasteiger partial charge is 0.390 e. The number of aliphatic hydroxyl groups is 1. The van der Waals surface area contributed by atoms with Gasteiger partial charge in [0.2, 0.25) is 5.95 Å². The van der Waals surface area contributed by atoms with E-state index in [2.05, 4.69) is 15.3 Å². The number of aliphatic hydroxyl groups excluding tert-OH is 1. The van der Waals surface area contributed by atoms with Gasteiger partial charge in [-0.3, -0.25) is 19.1 Å². The van der Waals surface area contributed by atoms with E-state index >= 15 is 0 Å². The molecule has 1 aliphatic heterocycles. The Morgan fingerprint density at radius 3 is 2.92 bits per heavy atom. The number of rotatable bonds is 5. The maximum atomic E-state index is 12.6. The van der Waals surface area contributed by atoms with Crippen LogP contribution in [0.15, 0.2) is 9.59 Å². The molecule has 138 valence electrons. The maximum Gasteiger partial charge on any atom is 0.311 e. The third-order valence-corrected chi connectivity index (χ3v) is 5.82. The molecule has 0 spiro atoms. The van der Waals surface area contributed by atoms with Crippen LogP contribution < -0.4 is 21.5 Å². The molecule has 0 amide bonds. The summed E-state index contributed by atoms with van der Waals surface area (Å²) >= 11 is 0.820. The highest BCUT2D eigenvalue weighted by Crippen LogP contribution is 2.39. The van der Waals surface area contributed by atoms with Gasteiger partial charge in [-0.25, -0.2) is 0 Å². The number of nitrogens with two attached hydrogens (primary N) is 1. The zero-order valence-corrected chi connectivity index (χ0v) is 15.2. The van der Waals surface area contributed by atoms with E-state index in [-0.39, 0.29) is 39.2 Å². The number of fused-ring (bicyclic) bond motifs is 1. The van der Waals surface area contributed by atoms with Gasteiger partial charge in [0.1, 0.15) is 10.9 Å². The molecule has 5 N–H and O–H groups in total. The number of nitrogens with one attached hydrogen (secondary N) is 2. The molecule has 1 fully saturated rings. The fraction of sp³-hybridized carbons (Fsp3) is 0.667. The smallest absolute Gasteiger partial charge is 0.311 e. The topological polar surface area (TPSA) is 135 Å². The van der Waals surface area contributed by atoms with Crippen molar-refractivity contribution in [2.24, 2.45) is 5.92 Å². The van der Waals surface area contributed by atoms with Crippen LogP contribution in [0, 0.1) is 5.92 Å². The molecule has 2 aromatic heterocycles. The van der Waals surface area contributed by atoms with Gasteiger partial charge < -0.3 is 20.9 Å². The van der Waals surface area contributed by atoms with E-state index in [1.54, 1.807) is 0 Å². The Balaban J connectivity index is 2.12. The van der Waals surface area contributed by atoms with E-state index in [9.17, 15) is 14.7 Å². The quantitative estimate of drug-likeness (QED) is 0.583. The molecule has 9 nitrogen and oxygen atoms in total. The summed E-state index contributed by atoms with van der Waals surface area (Å²) in [6.45, 7) is 3.88. The van der Waals surface area contributed by atoms with E-state index < -0.39 is 17.9 Å². The first-order valence-electron chi connectivity index (χ1n) is 8.29. The average molecular weight is 369 g/mol. The number of ether oxygens (including phenoxy) is 1. The predicted octanol–water partition coefficient (Wildman–Crippen LogP) is 0.0110. The Morgan fingerprint density at radius 2 is 2.28 bits per heavy atom. The van der Waals surface area contributed by atoms with Crippen molar-refractivity contribution in [2.45, 2.75) is 51.2 Å². The number of H-pyrrole nitrogens is 1. The molecule has 3 heterocycles. The Bertz CT molecular complexity index is 875. The molecule has 3 rings (SSSR count). The number of hydrogen-bond acceptors (Lipinski definition) is 8. The van der Waals surface area contributed by atoms with Crippen LogP contribution in [-0.4, -0.2) is 44.9 Å². The van der Waals surface area contributed by atoms with Gasteiger partial charge in [0.05, 0.1) is 12.2 Å². The minimum Gasteiger partial charge on any atom is -0.390 e. The van der Waals surface area contributed by atoms with Crippen LogP contribution in [0.4, 0.5) is 5.95 Å². The Morgan fingerprint density at radius 1 is 1.56 bits per heavy atom. The summed E-state index contributed by atoms with van der Waals surface area (Å²) in [5, 5.41) is 13.4. The first-order valence-corrected chi connectivity index (χ1v) is 9.10. The SMILES string of the molecule is CC[C@H](O)[C@@H]1C[C@@H]([C@@H](C)NC)[C@H](n2c(=O)sc3c(=O)[nH]c(N)nc32)O1. The minimum absolute atomic E-state index is 0.0419. The molecule has 0 aliphatic carbocycles. The van der Waals surface area contributed by atoms with Crippen LogP contribution >= 0.6 is 11.3 Å². The summed E-state index contributed by atoms with van der Waals surface area (Å²) in [6.07, 6.45) is -0.453. The van der Waals surface area contributed by atoms with Crippen molar-refractivity contribution in [2.75, 3.05) is 12.8 Å². The lowest BCUT2D eigenvalue weighted by Gasteiger charge is -2.24. The summed E-state index contributed by atoms with van der Waals surface area (Å²) in [4.78, 5) is 30.9. The molecule has 1 saturated heterocycles. The van der Waals surface area contributed by atoms with Crippen molar-refractivity contribution >= 4 is 27.6 Å². The summed E-state index contributed by atoms with van der Waals surface area (Å²) < 4.78 is 7.67. The monoisotopic (exact) mass is 369 g/mol. The van der Waals surface area contributed by atoms with Crippen molar-refractivity contribution in [3.8, 4) is 0 Å². The van der Waals surface area contributed by atoms with Crippen LogP contribution in [0.2, 0.25) is 0 Å².